The van der Waals surface area contributed by atoms with Crippen LogP contribution < -0.4 is 0 Å². The summed E-state index contributed by atoms with van der Waals surface area (Å²) in [5.41, 5.74) is 7.64. The van der Waals surface area contributed by atoms with Gasteiger partial charge < -0.3 is 8.98 Å². The van der Waals surface area contributed by atoms with Crippen molar-refractivity contribution in [3.05, 3.63) is 164 Å². The van der Waals surface area contributed by atoms with Crippen molar-refractivity contribution in [3.8, 4) is 16.8 Å². The summed E-state index contributed by atoms with van der Waals surface area (Å²) >= 11 is 1.86. The lowest BCUT2D eigenvalue weighted by Crippen LogP contribution is -1.95. The van der Waals surface area contributed by atoms with Crippen molar-refractivity contribution in [1.82, 2.24) is 4.57 Å². The minimum atomic E-state index is 0.905. The van der Waals surface area contributed by atoms with E-state index in [1.165, 1.54) is 79.8 Å². The normalized spacial score (nSPS) is 12.3. The van der Waals surface area contributed by atoms with Crippen molar-refractivity contribution >= 4 is 108 Å². The van der Waals surface area contributed by atoms with Crippen molar-refractivity contribution in [1.29, 1.82) is 0 Å². The first-order valence-corrected chi connectivity index (χ1v) is 18.2. The number of thiophene rings is 1. The lowest BCUT2D eigenvalue weighted by atomic mass is 9.89. The third-order valence-electron chi connectivity index (χ3n) is 11.0. The molecule has 0 bridgehead atoms. The molecule has 0 N–H and O–H groups in total. The highest BCUT2D eigenvalue weighted by molar-refractivity contribution is 7.25. The van der Waals surface area contributed by atoms with Crippen molar-refractivity contribution in [2.75, 3.05) is 0 Å². The first kappa shape index (κ1) is 27.4. The lowest BCUT2D eigenvalue weighted by Gasteiger charge is -2.14. The Bertz CT molecular complexity index is 3410. The van der Waals surface area contributed by atoms with Gasteiger partial charge in [0, 0.05) is 58.2 Å². The molecule has 0 amide bonds. The highest BCUT2D eigenvalue weighted by atomic mass is 32.1. The number of para-hydroxylation sites is 2. The second kappa shape index (κ2) is 10.1. The first-order valence-electron chi connectivity index (χ1n) is 17.4. The molecule has 51 heavy (non-hydrogen) atoms. The summed E-state index contributed by atoms with van der Waals surface area (Å²) in [5.74, 6) is 0. The highest BCUT2D eigenvalue weighted by Gasteiger charge is 2.25. The van der Waals surface area contributed by atoms with Gasteiger partial charge in [-0.05, 0) is 75.1 Å². The molecular weight excluding hydrogens is 639 g/mol. The van der Waals surface area contributed by atoms with Gasteiger partial charge in [-0.1, -0.05) is 121 Å². The molecular formula is C48H27NOS. The molecule has 0 saturated heterocycles. The number of aromatic nitrogens is 1. The average molecular weight is 666 g/mol. The Hall–Kier alpha value is -6.42. The third kappa shape index (κ3) is 3.65. The fourth-order valence-electron chi connectivity index (χ4n) is 8.81. The van der Waals surface area contributed by atoms with Crippen LogP contribution in [0.15, 0.2) is 168 Å². The predicted octanol–water partition coefficient (Wildman–Crippen LogP) is 14.2. The van der Waals surface area contributed by atoms with Crippen molar-refractivity contribution in [2.45, 2.75) is 0 Å². The number of nitrogens with zero attached hydrogens (tertiary/aromatic N) is 1. The van der Waals surface area contributed by atoms with Crippen LogP contribution in [0.3, 0.4) is 0 Å². The molecule has 236 valence electrons. The van der Waals surface area contributed by atoms with Gasteiger partial charge in [0.15, 0.2) is 5.58 Å². The maximum Gasteiger partial charge on any atom is 0.160 e. The summed E-state index contributed by atoms with van der Waals surface area (Å²) in [6.07, 6.45) is 0. The first-order chi connectivity index (χ1) is 25.3. The van der Waals surface area contributed by atoms with Gasteiger partial charge in [0.05, 0.1) is 11.0 Å². The van der Waals surface area contributed by atoms with Crippen LogP contribution in [0.1, 0.15) is 0 Å². The predicted molar refractivity (Wildman–Crippen MR) is 219 cm³/mol. The topological polar surface area (TPSA) is 18.1 Å². The molecule has 0 aliphatic heterocycles. The zero-order chi connectivity index (χ0) is 33.2. The zero-order valence-electron chi connectivity index (χ0n) is 27.4. The van der Waals surface area contributed by atoms with E-state index in [1.807, 2.05) is 11.3 Å². The molecule has 3 heteroatoms. The molecule has 0 fully saturated rings. The van der Waals surface area contributed by atoms with Crippen LogP contribution in [0.4, 0.5) is 0 Å². The van der Waals surface area contributed by atoms with E-state index >= 15 is 0 Å². The second-order valence-electron chi connectivity index (χ2n) is 13.6. The van der Waals surface area contributed by atoms with Crippen LogP contribution in [0.25, 0.3) is 113 Å². The zero-order valence-corrected chi connectivity index (χ0v) is 28.2. The number of hydrogen-bond donors (Lipinski definition) is 0. The number of benzene rings is 9. The van der Waals surface area contributed by atoms with Gasteiger partial charge >= 0.3 is 0 Å². The Morgan fingerprint density at radius 3 is 1.73 bits per heavy atom. The van der Waals surface area contributed by atoms with Crippen LogP contribution in [-0.4, -0.2) is 4.57 Å². The van der Waals surface area contributed by atoms with Gasteiger partial charge in [-0.2, -0.15) is 0 Å². The molecule has 0 aliphatic rings. The minimum Gasteiger partial charge on any atom is -0.454 e. The standard InChI is InChI=1S/C48H27NOS/c1-3-14-34-31(11-1)32-12-2-4-15-35(32)44-43(34)45-36-16-5-8-18-39(36)49(47(45)48-46(44)37-17-6-9-19-40(37)50-48)30-24-21-28(22-25-30)29-23-26-42-38(27-29)33-13-7-10-20-41(33)51-42/h1-27H. The van der Waals surface area contributed by atoms with Crippen molar-refractivity contribution in [2.24, 2.45) is 0 Å². The van der Waals surface area contributed by atoms with Gasteiger partial charge in [-0.15, -0.1) is 11.3 Å². The van der Waals surface area contributed by atoms with Gasteiger partial charge in [-0.25, -0.2) is 0 Å². The van der Waals surface area contributed by atoms with E-state index in [2.05, 4.69) is 168 Å². The molecule has 0 spiro atoms. The molecule has 9 aromatic carbocycles. The monoisotopic (exact) mass is 665 g/mol. The van der Waals surface area contributed by atoms with E-state index in [1.54, 1.807) is 0 Å². The Labute approximate surface area is 296 Å². The molecule has 0 radical (unpaired) electrons. The summed E-state index contributed by atoms with van der Waals surface area (Å²) in [6, 6.07) is 59.8. The number of hydrogen-bond acceptors (Lipinski definition) is 2. The summed E-state index contributed by atoms with van der Waals surface area (Å²) in [6.45, 7) is 0. The molecule has 3 heterocycles. The third-order valence-corrected chi connectivity index (χ3v) is 12.1. The molecule has 12 aromatic rings. The van der Waals surface area contributed by atoms with E-state index in [4.69, 9.17) is 4.42 Å². The Morgan fingerprint density at radius 1 is 0.392 bits per heavy atom. The van der Waals surface area contributed by atoms with Crippen molar-refractivity contribution in [3.63, 3.8) is 0 Å². The van der Waals surface area contributed by atoms with Crippen LogP contribution in [0, 0.1) is 0 Å². The van der Waals surface area contributed by atoms with Gasteiger partial charge in [0.2, 0.25) is 0 Å². The summed E-state index contributed by atoms with van der Waals surface area (Å²) in [5, 5.41) is 15.0. The van der Waals surface area contributed by atoms with Crippen LogP contribution in [-0.2, 0) is 0 Å². The lowest BCUT2D eigenvalue weighted by molar-refractivity contribution is 0.671. The van der Waals surface area contributed by atoms with E-state index in [9.17, 15) is 0 Å². The van der Waals surface area contributed by atoms with Crippen LogP contribution >= 0.6 is 11.3 Å². The molecule has 0 saturated carbocycles. The quantitative estimate of drug-likeness (QED) is 0.168. The van der Waals surface area contributed by atoms with E-state index < -0.39 is 0 Å². The van der Waals surface area contributed by atoms with Crippen LogP contribution in [0.2, 0.25) is 0 Å². The Kier molecular flexibility index (Phi) is 5.41. The van der Waals surface area contributed by atoms with E-state index in [0.29, 0.717) is 0 Å². The number of rotatable bonds is 2. The molecule has 3 aromatic heterocycles. The fourth-order valence-corrected chi connectivity index (χ4v) is 9.89. The van der Waals surface area contributed by atoms with Gasteiger partial charge in [0.25, 0.3) is 0 Å². The van der Waals surface area contributed by atoms with E-state index in [0.717, 1.165) is 33.3 Å². The van der Waals surface area contributed by atoms with Crippen LogP contribution in [0.5, 0.6) is 0 Å². The maximum absolute atomic E-state index is 6.97. The maximum atomic E-state index is 6.97. The number of fused-ring (bicyclic) bond motifs is 18. The summed E-state index contributed by atoms with van der Waals surface area (Å²) in [4.78, 5) is 0. The smallest absolute Gasteiger partial charge is 0.160 e. The molecule has 12 rings (SSSR count). The minimum absolute atomic E-state index is 0.905. The molecule has 0 unspecified atom stereocenters. The Morgan fingerprint density at radius 2 is 0.961 bits per heavy atom. The average Bonchev–Trinajstić information content (AvgIpc) is 3.88. The highest BCUT2D eigenvalue weighted by Crippen LogP contribution is 2.50. The SMILES string of the molecule is c1ccc2c(c1)oc1c2c2c3ccccc3c3ccccc3c2c2c3ccccc3n(-c3ccc(-c4ccc5sc6ccccc6c5c4)cc3)c12. The van der Waals surface area contributed by atoms with Gasteiger partial charge in [-0.3, -0.25) is 0 Å². The molecule has 0 atom stereocenters. The second-order valence-corrected chi connectivity index (χ2v) is 14.7. The van der Waals surface area contributed by atoms with E-state index in [-0.39, 0.29) is 0 Å². The number of furan rings is 1. The summed E-state index contributed by atoms with van der Waals surface area (Å²) in [7, 11) is 0. The Balaban J connectivity index is 1.21. The largest absolute Gasteiger partial charge is 0.454 e. The molecule has 0 aliphatic carbocycles. The fraction of sp³-hybridized carbons (Fsp3) is 0. The van der Waals surface area contributed by atoms with Crippen molar-refractivity contribution < 1.29 is 4.42 Å². The van der Waals surface area contributed by atoms with Gasteiger partial charge in [0.1, 0.15) is 5.58 Å². The summed E-state index contributed by atoms with van der Waals surface area (Å²) < 4.78 is 12.1. The molecule has 2 nitrogen and oxygen atoms in total.